The first kappa shape index (κ1) is 19.3. The second-order valence-corrected chi connectivity index (χ2v) is 8.44. The fourth-order valence-electron chi connectivity index (χ4n) is 2.61. The fraction of sp³-hybridized carbons (Fsp3) is 0.263. The van der Waals surface area contributed by atoms with E-state index in [0.29, 0.717) is 17.2 Å². The lowest BCUT2D eigenvalue weighted by molar-refractivity contribution is 0.0706. The molecular formula is C19H19N3O3S2. The van der Waals surface area contributed by atoms with Crippen LogP contribution in [0.4, 0.5) is 0 Å². The molecule has 3 rings (SSSR count). The van der Waals surface area contributed by atoms with E-state index in [2.05, 4.69) is 23.8 Å². The van der Waals surface area contributed by atoms with Crippen LogP contribution in [0.15, 0.2) is 35.8 Å². The number of aromatic nitrogens is 2. The highest BCUT2D eigenvalue weighted by Gasteiger charge is 2.21. The molecular weight excluding hydrogens is 382 g/mol. The molecule has 0 aliphatic carbocycles. The fourth-order valence-corrected chi connectivity index (χ4v) is 4.58. The Bertz CT molecular complexity index is 932. The number of carbonyl (C=O) groups excluding carboxylic acids is 2. The van der Waals surface area contributed by atoms with Crippen molar-refractivity contribution in [1.29, 1.82) is 0 Å². The van der Waals surface area contributed by atoms with E-state index in [0.717, 1.165) is 26.9 Å². The summed E-state index contributed by atoms with van der Waals surface area (Å²) in [6.45, 7) is 4.23. The number of ketones is 1. The first-order valence-electron chi connectivity index (χ1n) is 8.44. The Hall–Kier alpha value is -2.42. The number of hydrogen-bond acceptors (Lipinski definition) is 7. The third kappa shape index (κ3) is 4.65. The summed E-state index contributed by atoms with van der Waals surface area (Å²) in [4.78, 5) is 34.1. The Balaban J connectivity index is 1.83. The van der Waals surface area contributed by atoms with Crippen LogP contribution in [0, 0.1) is 5.92 Å². The van der Waals surface area contributed by atoms with E-state index in [1.165, 1.54) is 22.7 Å². The van der Waals surface area contributed by atoms with Gasteiger partial charge in [-0.25, -0.2) is 15.4 Å². The van der Waals surface area contributed by atoms with Gasteiger partial charge < -0.3 is 0 Å². The summed E-state index contributed by atoms with van der Waals surface area (Å²) in [5.41, 5.74) is 3.21. The van der Waals surface area contributed by atoms with Crippen LogP contribution in [0.1, 0.15) is 45.1 Å². The van der Waals surface area contributed by atoms with Gasteiger partial charge in [0.2, 0.25) is 0 Å². The van der Waals surface area contributed by atoms with Crippen LogP contribution in [0.3, 0.4) is 0 Å². The third-order valence-electron chi connectivity index (χ3n) is 3.85. The molecule has 1 amide bonds. The second kappa shape index (κ2) is 8.51. The number of rotatable bonds is 7. The summed E-state index contributed by atoms with van der Waals surface area (Å²) in [6.07, 6.45) is 2.72. The second-order valence-electron chi connectivity index (χ2n) is 6.46. The molecule has 140 valence electrons. The van der Waals surface area contributed by atoms with Gasteiger partial charge in [0, 0.05) is 28.4 Å². The molecule has 0 fully saturated rings. The number of carbonyl (C=O) groups is 2. The molecule has 27 heavy (non-hydrogen) atoms. The summed E-state index contributed by atoms with van der Waals surface area (Å²) in [5, 5.41) is 12.2. The van der Waals surface area contributed by atoms with Crippen LogP contribution in [0.2, 0.25) is 0 Å². The van der Waals surface area contributed by atoms with Gasteiger partial charge in [0.1, 0.15) is 5.69 Å². The highest BCUT2D eigenvalue weighted by atomic mass is 32.1. The van der Waals surface area contributed by atoms with Crippen LogP contribution >= 0.6 is 22.7 Å². The van der Waals surface area contributed by atoms with Gasteiger partial charge >= 0.3 is 0 Å². The molecule has 0 radical (unpaired) electrons. The molecule has 0 bridgehead atoms. The van der Waals surface area contributed by atoms with E-state index in [-0.39, 0.29) is 12.2 Å². The lowest BCUT2D eigenvalue weighted by atomic mass is 10.0. The summed E-state index contributed by atoms with van der Waals surface area (Å²) in [5.74, 6) is -0.221. The zero-order valence-electron chi connectivity index (χ0n) is 14.9. The molecule has 0 saturated carbocycles. The van der Waals surface area contributed by atoms with Crippen molar-refractivity contribution in [2.75, 3.05) is 0 Å². The topological polar surface area (TPSA) is 92.2 Å². The Morgan fingerprint density at radius 2 is 1.93 bits per heavy atom. The molecule has 0 aliphatic heterocycles. The first-order valence-corrected chi connectivity index (χ1v) is 10.1. The van der Waals surface area contributed by atoms with Crippen molar-refractivity contribution in [3.05, 3.63) is 57.5 Å². The van der Waals surface area contributed by atoms with Crippen molar-refractivity contribution in [3.63, 3.8) is 0 Å². The minimum Gasteiger partial charge on any atom is -0.292 e. The van der Waals surface area contributed by atoms with Crippen molar-refractivity contribution >= 4 is 34.4 Å². The van der Waals surface area contributed by atoms with Gasteiger partial charge in [-0.2, -0.15) is 0 Å². The summed E-state index contributed by atoms with van der Waals surface area (Å²) >= 11 is 3.04. The van der Waals surface area contributed by atoms with Crippen molar-refractivity contribution < 1.29 is 14.8 Å². The SMILES string of the molecule is CC(C)Cc1sc(-c2nccs2)nc1C(=O)Cc1ccc(C(=O)NO)cc1. The number of thiazole rings is 2. The molecule has 0 spiro atoms. The van der Waals surface area contributed by atoms with E-state index in [4.69, 9.17) is 5.21 Å². The predicted molar refractivity (Wildman–Crippen MR) is 105 cm³/mol. The van der Waals surface area contributed by atoms with E-state index in [9.17, 15) is 9.59 Å². The minimum atomic E-state index is -0.584. The number of amides is 1. The number of nitrogens with one attached hydrogen (secondary N) is 1. The molecule has 1 aromatic carbocycles. The van der Waals surface area contributed by atoms with Gasteiger partial charge in [-0.3, -0.25) is 14.8 Å². The summed E-state index contributed by atoms with van der Waals surface area (Å²) in [6, 6.07) is 6.56. The Kier molecular flexibility index (Phi) is 6.10. The minimum absolute atomic E-state index is 0.0518. The average molecular weight is 402 g/mol. The third-order valence-corrected chi connectivity index (χ3v) is 5.85. The Labute approximate surface area is 164 Å². The van der Waals surface area contributed by atoms with E-state index < -0.39 is 5.91 Å². The van der Waals surface area contributed by atoms with E-state index in [1.54, 1.807) is 35.9 Å². The smallest absolute Gasteiger partial charge is 0.274 e. The van der Waals surface area contributed by atoms with Crippen LogP contribution in [-0.2, 0) is 12.8 Å². The monoisotopic (exact) mass is 401 g/mol. The van der Waals surface area contributed by atoms with Gasteiger partial charge in [0.05, 0.1) is 0 Å². The zero-order chi connectivity index (χ0) is 19.4. The number of hydrogen-bond donors (Lipinski definition) is 2. The van der Waals surface area contributed by atoms with Crippen molar-refractivity contribution in [3.8, 4) is 10.0 Å². The van der Waals surface area contributed by atoms with Crippen LogP contribution in [-0.4, -0.2) is 26.9 Å². The molecule has 8 heteroatoms. The van der Waals surface area contributed by atoms with Crippen molar-refractivity contribution in [2.45, 2.75) is 26.7 Å². The normalized spacial score (nSPS) is 11.0. The standard InChI is InChI=1S/C19H19N3O3S2/c1-11(2)9-15-16(21-19(27-15)18-20-7-8-26-18)14(23)10-12-3-5-13(6-4-12)17(24)22-25/h3-8,11,25H,9-10H2,1-2H3,(H,22,24). The maximum Gasteiger partial charge on any atom is 0.274 e. The molecule has 0 unspecified atom stereocenters. The van der Waals surface area contributed by atoms with Crippen LogP contribution in [0.25, 0.3) is 10.0 Å². The predicted octanol–water partition coefficient (Wildman–Crippen LogP) is 4.01. The van der Waals surface area contributed by atoms with Gasteiger partial charge in [-0.1, -0.05) is 26.0 Å². The molecule has 0 saturated heterocycles. The molecule has 0 aliphatic rings. The number of benzene rings is 1. The van der Waals surface area contributed by atoms with Gasteiger partial charge in [0.25, 0.3) is 5.91 Å². The Morgan fingerprint density at radius 1 is 1.19 bits per heavy atom. The molecule has 2 heterocycles. The van der Waals surface area contributed by atoms with Crippen LogP contribution < -0.4 is 5.48 Å². The quantitative estimate of drug-likeness (QED) is 0.354. The maximum absolute atomic E-state index is 12.9. The lowest BCUT2D eigenvalue weighted by Crippen LogP contribution is -2.18. The largest absolute Gasteiger partial charge is 0.292 e. The van der Waals surface area contributed by atoms with Crippen LogP contribution in [0.5, 0.6) is 0 Å². The number of Topliss-reactive ketones (excluding diaryl/α,β-unsaturated/α-hetero) is 1. The van der Waals surface area contributed by atoms with Gasteiger partial charge in [-0.05, 0) is 30.0 Å². The van der Waals surface area contributed by atoms with Gasteiger partial charge in [0.15, 0.2) is 15.8 Å². The highest BCUT2D eigenvalue weighted by Crippen LogP contribution is 2.31. The van der Waals surface area contributed by atoms with E-state index >= 15 is 0 Å². The molecule has 3 aromatic rings. The summed E-state index contributed by atoms with van der Waals surface area (Å²) < 4.78 is 0. The van der Waals surface area contributed by atoms with Crippen molar-refractivity contribution in [1.82, 2.24) is 15.4 Å². The van der Waals surface area contributed by atoms with Crippen molar-refractivity contribution in [2.24, 2.45) is 5.92 Å². The molecule has 2 N–H and O–H groups in total. The zero-order valence-corrected chi connectivity index (χ0v) is 16.6. The summed E-state index contributed by atoms with van der Waals surface area (Å²) in [7, 11) is 0. The highest BCUT2D eigenvalue weighted by molar-refractivity contribution is 7.20. The lowest BCUT2D eigenvalue weighted by Gasteiger charge is -2.05. The maximum atomic E-state index is 12.9. The number of hydroxylamine groups is 1. The molecule has 2 aromatic heterocycles. The first-order chi connectivity index (χ1) is 13.0. The van der Waals surface area contributed by atoms with Gasteiger partial charge in [-0.15, -0.1) is 22.7 Å². The Morgan fingerprint density at radius 3 is 2.52 bits per heavy atom. The van der Waals surface area contributed by atoms with E-state index in [1.807, 2.05) is 5.38 Å². The number of nitrogens with zero attached hydrogens (tertiary/aromatic N) is 2. The molecule has 6 nitrogen and oxygen atoms in total. The molecule has 0 atom stereocenters. The average Bonchev–Trinajstić information content (AvgIpc) is 3.31.